The molecule has 1 amide bonds. The topological polar surface area (TPSA) is 79.5 Å². The van der Waals surface area contributed by atoms with E-state index in [9.17, 15) is 4.79 Å². The van der Waals surface area contributed by atoms with Gasteiger partial charge in [-0.3, -0.25) is 4.79 Å². The molecule has 0 saturated heterocycles. The van der Waals surface area contributed by atoms with E-state index >= 15 is 0 Å². The van der Waals surface area contributed by atoms with Gasteiger partial charge in [-0.15, -0.1) is 24.0 Å². The highest BCUT2D eigenvalue weighted by molar-refractivity contribution is 14.0. The number of halogens is 1. The highest BCUT2D eigenvalue weighted by Crippen LogP contribution is 2.17. The van der Waals surface area contributed by atoms with Crippen LogP contribution in [0, 0.1) is 0 Å². The molecule has 1 aliphatic carbocycles. The Kier molecular flexibility index (Phi) is 10.6. The van der Waals surface area contributed by atoms with E-state index in [4.69, 9.17) is 5.73 Å². The molecule has 1 atom stereocenters. The lowest BCUT2D eigenvalue weighted by atomic mass is 10.1. The Balaban J connectivity index is 0.00000338. The number of guanidine groups is 1. The van der Waals surface area contributed by atoms with Crippen molar-refractivity contribution in [3.8, 4) is 0 Å². The van der Waals surface area contributed by atoms with Crippen LogP contribution in [0.4, 0.5) is 0 Å². The molecule has 1 saturated carbocycles. The molecule has 0 aromatic heterocycles. The van der Waals surface area contributed by atoms with E-state index in [1.165, 1.54) is 38.5 Å². The van der Waals surface area contributed by atoms with Crippen LogP contribution in [-0.2, 0) is 6.54 Å². The van der Waals surface area contributed by atoms with Crippen LogP contribution < -0.4 is 16.4 Å². The summed E-state index contributed by atoms with van der Waals surface area (Å²) < 4.78 is 0. The lowest BCUT2D eigenvalue weighted by Gasteiger charge is -2.16. The van der Waals surface area contributed by atoms with Gasteiger partial charge in [0.15, 0.2) is 5.96 Å². The Morgan fingerprint density at radius 3 is 2.62 bits per heavy atom. The molecule has 0 heterocycles. The quantitative estimate of drug-likeness (QED) is 0.254. The third kappa shape index (κ3) is 7.93. The molecule has 1 aromatic rings. The third-order valence-electron chi connectivity index (χ3n) is 4.82. The zero-order chi connectivity index (χ0) is 18.1. The molecule has 0 aliphatic heterocycles. The summed E-state index contributed by atoms with van der Waals surface area (Å²) in [6.07, 6.45) is 8.42. The normalized spacial score (nSPS) is 16.9. The second-order valence-corrected chi connectivity index (χ2v) is 7.02. The van der Waals surface area contributed by atoms with Crippen LogP contribution in [0.2, 0.25) is 0 Å². The van der Waals surface area contributed by atoms with Gasteiger partial charge in [0.1, 0.15) is 0 Å². The molecule has 26 heavy (non-hydrogen) atoms. The van der Waals surface area contributed by atoms with Crippen LogP contribution in [0.15, 0.2) is 29.3 Å². The number of benzene rings is 1. The Morgan fingerprint density at radius 2 is 1.96 bits per heavy atom. The number of carbonyl (C=O) groups is 1. The van der Waals surface area contributed by atoms with Crippen molar-refractivity contribution in [1.29, 1.82) is 0 Å². The number of hydrogen-bond acceptors (Lipinski definition) is 2. The average Bonchev–Trinajstić information content (AvgIpc) is 2.88. The van der Waals surface area contributed by atoms with Crippen molar-refractivity contribution in [2.75, 3.05) is 0 Å². The summed E-state index contributed by atoms with van der Waals surface area (Å²) in [6, 6.07) is 8.21. The molecule has 1 unspecified atom stereocenters. The third-order valence-corrected chi connectivity index (χ3v) is 4.82. The van der Waals surface area contributed by atoms with Crippen molar-refractivity contribution in [3.05, 3.63) is 35.4 Å². The minimum absolute atomic E-state index is 0. The van der Waals surface area contributed by atoms with Gasteiger partial charge in [0, 0.05) is 17.6 Å². The number of amides is 1. The Morgan fingerprint density at radius 1 is 1.27 bits per heavy atom. The lowest BCUT2D eigenvalue weighted by Crippen LogP contribution is -2.39. The summed E-state index contributed by atoms with van der Waals surface area (Å²) in [5.74, 6) is 0.464. The number of carbonyl (C=O) groups excluding carboxylic acids is 1. The van der Waals surface area contributed by atoms with Gasteiger partial charge >= 0.3 is 0 Å². The first-order valence-electron chi connectivity index (χ1n) is 9.54. The number of rotatable bonds is 6. The van der Waals surface area contributed by atoms with Gasteiger partial charge in [0.25, 0.3) is 5.91 Å². The molecule has 6 heteroatoms. The van der Waals surface area contributed by atoms with Crippen LogP contribution in [0.3, 0.4) is 0 Å². The van der Waals surface area contributed by atoms with Crippen molar-refractivity contribution < 1.29 is 4.79 Å². The molecule has 5 nitrogen and oxygen atoms in total. The lowest BCUT2D eigenvalue weighted by molar-refractivity contribution is 0.0939. The van der Waals surface area contributed by atoms with Crippen LogP contribution in [0.1, 0.15) is 74.7 Å². The average molecular weight is 472 g/mol. The Hall–Kier alpha value is -1.31. The predicted molar refractivity (Wildman–Crippen MR) is 119 cm³/mol. The van der Waals surface area contributed by atoms with E-state index in [0.717, 1.165) is 12.0 Å². The van der Waals surface area contributed by atoms with Gasteiger partial charge in [-0.05, 0) is 43.9 Å². The van der Waals surface area contributed by atoms with E-state index in [1.54, 1.807) is 0 Å². The summed E-state index contributed by atoms with van der Waals surface area (Å²) in [7, 11) is 0. The van der Waals surface area contributed by atoms with Crippen LogP contribution >= 0.6 is 24.0 Å². The minimum Gasteiger partial charge on any atom is -0.370 e. The summed E-state index contributed by atoms with van der Waals surface area (Å²) in [6.45, 7) is 4.54. The predicted octanol–water partition coefficient (Wildman–Crippen LogP) is 3.96. The fraction of sp³-hybridized carbons (Fsp3) is 0.600. The van der Waals surface area contributed by atoms with E-state index in [2.05, 4.69) is 22.5 Å². The van der Waals surface area contributed by atoms with Crippen LogP contribution in [0.25, 0.3) is 0 Å². The van der Waals surface area contributed by atoms with Gasteiger partial charge in [-0.1, -0.05) is 44.7 Å². The highest BCUT2D eigenvalue weighted by Gasteiger charge is 2.12. The molecular formula is C20H33IN4O. The molecule has 0 spiro atoms. The van der Waals surface area contributed by atoms with Gasteiger partial charge < -0.3 is 16.4 Å². The van der Waals surface area contributed by atoms with Crippen molar-refractivity contribution in [2.45, 2.75) is 77.4 Å². The molecule has 4 N–H and O–H groups in total. The number of nitrogens with zero attached hydrogens (tertiary/aromatic N) is 1. The number of aliphatic imine (C=N–C) groups is 1. The van der Waals surface area contributed by atoms with Crippen molar-refractivity contribution in [3.63, 3.8) is 0 Å². The van der Waals surface area contributed by atoms with E-state index in [1.807, 2.05) is 31.2 Å². The first-order valence-corrected chi connectivity index (χ1v) is 9.54. The zero-order valence-corrected chi connectivity index (χ0v) is 18.3. The first kappa shape index (κ1) is 22.7. The number of nitrogens with one attached hydrogen (secondary N) is 2. The largest absolute Gasteiger partial charge is 0.370 e. The minimum atomic E-state index is -0.0373. The standard InChI is InChI=1S/C20H32N4O.HI/c1-3-15(2)23-19(25)17-10-8-9-16(13-17)14-22-20(21)24-18-11-6-4-5-7-12-18;/h8-10,13,15,18H,3-7,11-12,14H2,1-2H3,(H,23,25)(H3,21,22,24);1H. The fourth-order valence-electron chi connectivity index (χ4n) is 3.08. The first-order chi connectivity index (χ1) is 12.1. The van der Waals surface area contributed by atoms with Crippen LogP contribution in [-0.4, -0.2) is 24.0 Å². The highest BCUT2D eigenvalue weighted by atomic mass is 127. The molecule has 1 aromatic carbocycles. The molecule has 1 fully saturated rings. The van der Waals surface area contributed by atoms with E-state index < -0.39 is 0 Å². The van der Waals surface area contributed by atoms with Crippen molar-refractivity contribution >= 4 is 35.8 Å². The molecule has 146 valence electrons. The summed E-state index contributed by atoms with van der Waals surface area (Å²) in [5.41, 5.74) is 7.70. The smallest absolute Gasteiger partial charge is 0.251 e. The molecular weight excluding hydrogens is 439 g/mol. The maximum atomic E-state index is 12.2. The SMILES string of the molecule is CCC(C)NC(=O)c1cccc(CN=C(N)NC2CCCCCC2)c1.I. The Bertz CT molecular complexity index is 583. The maximum absolute atomic E-state index is 12.2. The summed E-state index contributed by atoms with van der Waals surface area (Å²) >= 11 is 0. The van der Waals surface area contributed by atoms with Gasteiger partial charge in [0.05, 0.1) is 6.54 Å². The summed E-state index contributed by atoms with van der Waals surface area (Å²) in [4.78, 5) is 16.7. The number of nitrogens with two attached hydrogens (primary N) is 1. The number of hydrogen-bond donors (Lipinski definition) is 3. The second-order valence-electron chi connectivity index (χ2n) is 7.02. The molecule has 1 aliphatic rings. The summed E-state index contributed by atoms with van der Waals surface area (Å²) in [5, 5.41) is 6.33. The second kappa shape index (κ2) is 12.1. The molecule has 0 bridgehead atoms. The van der Waals surface area contributed by atoms with E-state index in [0.29, 0.717) is 24.1 Å². The zero-order valence-electron chi connectivity index (χ0n) is 16.0. The Labute approximate surface area is 174 Å². The van der Waals surface area contributed by atoms with Gasteiger partial charge in [0.2, 0.25) is 0 Å². The van der Waals surface area contributed by atoms with Gasteiger partial charge in [-0.2, -0.15) is 0 Å². The maximum Gasteiger partial charge on any atom is 0.251 e. The fourth-order valence-corrected chi connectivity index (χ4v) is 3.08. The van der Waals surface area contributed by atoms with Crippen LogP contribution in [0.5, 0.6) is 0 Å². The van der Waals surface area contributed by atoms with Crippen molar-refractivity contribution in [1.82, 2.24) is 10.6 Å². The molecule has 2 rings (SSSR count). The van der Waals surface area contributed by atoms with Crippen molar-refractivity contribution in [2.24, 2.45) is 10.7 Å². The molecule has 0 radical (unpaired) electrons. The van der Waals surface area contributed by atoms with Gasteiger partial charge in [-0.25, -0.2) is 4.99 Å². The van der Waals surface area contributed by atoms with E-state index in [-0.39, 0.29) is 35.9 Å². The monoisotopic (exact) mass is 472 g/mol.